The highest BCUT2D eigenvalue weighted by Crippen LogP contribution is 2.16. The molecule has 0 aliphatic carbocycles. The zero-order valence-corrected chi connectivity index (χ0v) is 12.4. The monoisotopic (exact) mass is 304 g/mol. The fourth-order valence-electron chi connectivity index (χ4n) is 1.83. The van der Waals surface area contributed by atoms with E-state index >= 15 is 0 Å². The average Bonchev–Trinajstić information content (AvgIpc) is 2.89. The molecule has 0 aliphatic heterocycles. The van der Waals surface area contributed by atoms with Crippen LogP contribution in [0.25, 0.3) is 5.69 Å². The molecule has 116 valence electrons. The molecule has 1 aromatic heterocycles. The van der Waals surface area contributed by atoms with Gasteiger partial charge in [0, 0.05) is 0 Å². The summed E-state index contributed by atoms with van der Waals surface area (Å²) in [5.74, 6) is -0.990. The predicted molar refractivity (Wildman–Crippen MR) is 77.2 cm³/mol. The third kappa shape index (κ3) is 3.05. The van der Waals surface area contributed by atoms with Gasteiger partial charge < -0.3 is 15.2 Å². The Kier molecular flexibility index (Phi) is 4.40. The number of carbonyl (C=O) groups excluding carboxylic acids is 1. The van der Waals surface area contributed by atoms with Crippen LogP contribution in [0.4, 0.5) is 0 Å². The van der Waals surface area contributed by atoms with Gasteiger partial charge in [0.05, 0.1) is 18.5 Å². The van der Waals surface area contributed by atoms with E-state index in [1.54, 1.807) is 38.3 Å². The molecule has 22 heavy (non-hydrogen) atoms. The number of ether oxygens (including phenoxy) is 1. The highest BCUT2D eigenvalue weighted by molar-refractivity contribution is 5.95. The maximum atomic E-state index is 12.0. The Bertz CT molecular complexity index is 693. The third-order valence-electron chi connectivity index (χ3n) is 3.14. The van der Waals surface area contributed by atoms with E-state index in [0.29, 0.717) is 11.4 Å². The molecule has 8 nitrogen and oxygen atoms in total. The summed E-state index contributed by atoms with van der Waals surface area (Å²) in [4.78, 5) is 22.8. The number of methoxy groups -OCH3 is 1. The SMILES string of the molecule is COc1ccc(-n2nnc(C(=O)N[C@@H](C)C(=O)O)c2C)cc1. The fraction of sp³-hybridized carbons (Fsp3) is 0.286. The van der Waals surface area contributed by atoms with Gasteiger partial charge in [-0.15, -0.1) is 5.10 Å². The largest absolute Gasteiger partial charge is 0.497 e. The number of nitrogens with zero attached hydrogens (tertiary/aromatic N) is 3. The van der Waals surface area contributed by atoms with E-state index in [0.717, 1.165) is 5.69 Å². The van der Waals surface area contributed by atoms with Gasteiger partial charge in [-0.3, -0.25) is 9.59 Å². The van der Waals surface area contributed by atoms with Gasteiger partial charge in [0.1, 0.15) is 11.8 Å². The smallest absolute Gasteiger partial charge is 0.325 e. The number of benzene rings is 1. The van der Waals surface area contributed by atoms with E-state index in [4.69, 9.17) is 9.84 Å². The number of rotatable bonds is 5. The Morgan fingerprint density at radius 2 is 1.95 bits per heavy atom. The average molecular weight is 304 g/mol. The number of carboxylic acid groups (broad SMARTS) is 1. The number of hydrogen-bond donors (Lipinski definition) is 2. The minimum atomic E-state index is -1.12. The summed E-state index contributed by atoms with van der Waals surface area (Å²) in [7, 11) is 1.57. The van der Waals surface area contributed by atoms with Gasteiger partial charge in [0.25, 0.3) is 5.91 Å². The van der Waals surface area contributed by atoms with Crippen LogP contribution in [0.2, 0.25) is 0 Å². The second-order valence-electron chi connectivity index (χ2n) is 4.67. The maximum absolute atomic E-state index is 12.0. The van der Waals surface area contributed by atoms with E-state index in [-0.39, 0.29) is 5.69 Å². The van der Waals surface area contributed by atoms with E-state index in [2.05, 4.69) is 15.6 Å². The van der Waals surface area contributed by atoms with Crippen LogP contribution in [-0.4, -0.2) is 45.1 Å². The highest BCUT2D eigenvalue weighted by Gasteiger charge is 2.21. The fourth-order valence-corrected chi connectivity index (χ4v) is 1.83. The molecule has 0 unspecified atom stereocenters. The van der Waals surface area contributed by atoms with Crippen LogP contribution in [0.1, 0.15) is 23.1 Å². The van der Waals surface area contributed by atoms with Crippen molar-refractivity contribution in [3.05, 3.63) is 35.7 Å². The van der Waals surface area contributed by atoms with Crippen molar-refractivity contribution < 1.29 is 19.4 Å². The molecule has 0 aliphatic rings. The summed E-state index contributed by atoms with van der Waals surface area (Å²) < 4.78 is 6.58. The van der Waals surface area contributed by atoms with Crippen LogP contribution < -0.4 is 10.1 Å². The molecule has 1 amide bonds. The van der Waals surface area contributed by atoms with Crippen molar-refractivity contribution in [2.75, 3.05) is 7.11 Å². The lowest BCUT2D eigenvalue weighted by molar-refractivity contribution is -0.138. The summed E-state index contributed by atoms with van der Waals surface area (Å²) in [6, 6.07) is 6.09. The summed E-state index contributed by atoms with van der Waals surface area (Å²) in [6.07, 6.45) is 0. The van der Waals surface area contributed by atoms with Gasteiger partial charge in [-0.2, -0.15) is 0 Å². The van der Waals surface area contributed by atoms with Crippen LogP contribution in [0.5, 0.6) is 5.75 Å². The van der Waals surface area contributed by atoms with Crippen molar-refractivity contribution in [3.63, 3.8) is 0 Å². The first-order valence-electron chi connectivity index (χ1n) is 6.54. The van der Waals surface area contributed by atoms with E-state index in [9.17, 15) is 9.59 Å². The van der Waals surface area contributed by atoms with Crippen LogP contribution >= 0.6 is 0 Å². The Hall–Kier alpha value is -2.90. The molecular formula is C14H16N4O4. The molecule has 0 radical (unpaired) electrons. The van der Waals surface area contributed by atoms with Crippen LogP contribution in [0.3, 0.4) is 0 Å². The quantitative estimate of drug-likeness (QED) is 0.845. The summed E-state index contributed by atoms with van der Waals surface area (Å²) in [5.41, 5.74) is 1.32. The minimum Gasteiger partial charge on any atom is -0.497 e. The molecule has 2 rings (SSSR count). The van der Waals surface area contributed by atoms with Gasteiger partial charge in [0.2, 0.25) is 0 Å². The highest BCUT2D eigenvalue weighted by atomic mass is 16.5. The number of carboxylic acids is 1. The Morgan fingerprint density at radius 1 is 1.32 bits per heavy atom. The minimum absolute atomic E-state index is 0.0870. The lowest BCUT2D eigenvalue weighted by Gasteiger charge is -2.08. The van der Waals surface area contributed by atoms with Gasteiger partial charge in [0.15, 0.2) is 5.69 Å². The first kappa shape index (κ1) is 15.5. The van der Waals surface area contributed by atoms with Crippen molar-refractivity contribution in [1.82, 2.24) is 20.3 Å². The second kappa shape index (κ2) is 6.25. The van der Waals surface area contributed by atoms with Crippen LogP contribution in [0, 0.1) is 6.92 Å². The number of hydrogen-bond acceptors (Lipinski definition) is 5. The van der Waals surface area contributed by atoms with Crippen molar-refractivity contribution in [3.8, 4) is 11.4 Å². The molecule has 1 atom stereocenters. The first-order valence-corrected chi connectivity index (χ1v) is 6.54. The molecule has 1 aromatic carbocycles. The number of nitrogens with one attached hydrogen (secondary N) is 1. The standard InChI is InChI=1S/C14H16N4O4/c1-8(14(20)21)15-13(19)12-9(2)18(17-16-12)10-4-6-11(22-3)7-5-10/h4-8H,1-3H3,(H,15,19)(H,20,21)/t8-/m0/s1. The molecule has 8 heteroatoms. The maximum Gasteiger partial charge on any atom is 0.325 e. The third-order valence-corrected chi connectivity index (χ3v) is 3.14. The molecule has 0 fully saturated rings. The summed E-state index contributed by atoms with van der Waals surface area (Å²) in [5, 5.41) is 18.9. The molecule has 1 heterocycles. The lowest BCUT2D eigenvalue weighted by atomic mass is 10.2. The summed E-state index contributed by atoms with van der Waals surface area (Å²) in [6.45, 7) is 3.06. The molecular weight excluding hydrogens is 288 g/mol. The molecule has 0 saturated carbocycles. The molecule has 2 N–H and O–H groups in total. The van der Waals surface area contributed by atoms with Crippen molar-refractivity contribution >= 4 is 11.9 Å². The van der Waals surface area contributed by atoms with Gasteiger partial charge in [-0.05, 0) is 38.1 Å². The van der Waals surface area contributed by atoms with E-state index in [1.807, 2.05) is 0 Å². The predicted octanol–water partition coefficient (Wildman–Crippen LogP) is 0.787. The van der Waals surface area contributed by atoms with Gasteiger partial charge in [-0.1, -0.05) is 5.21 Å². The molecule has 0 bridgehead atoms. The zero-order chi connectivity index (χ0) is 16.3. The normalized spacial score (nSPS) is 11.8. The zero-order valence-electron chi connectivity index (χ0n) is 12.4. The lowest BCUT2D eigenvalue weighted by Crippen LogP contribution is -2.38. The number of aliphatic carboxylic acids is 1. The van der Waals surface area contributed by atoms with E-state index < -0.39 is 17.9 Å². The Labute approximate surface area is 126 Å². The molecule has 0 spiro atoms. The van der Waals surface area contributed by atoms with Crippen molar-refractivity contribution in [2.45, 2.75) is 19.9 Å². The second-order valence-corrected chi connectivity index (χ2v) is 4.67. The Morgan fingerprint density at radius 3 is 2.50 bits per heavy atom. The van der Waals surface area contributed by atoms with Gasteiger partial charge >= 0.3 is 5.97 Å². The van der Waals surface area contributed by atoms with E-state index in [1.165, 1.54) is 11.6 Å². The van der Waals surface area contributed by atoms with Gasteiger partial charge in [-0.25, -0.2) is 4.68 Å². The molecule has 0 saturated heterocycles. The Balaban J connectivity index is 2.25. The van der Waals surface area contributed by atoms with Crippen molar-refractivity contribution in [2.24, 2.45) is 0 Å². The first-order chi connectivity index (χ1) is 10.4. The van der Waals surface area contributed by atoms with Crippen LogP contribution in [0.15, 0.2) is 24.3 Å². The topological polar surface area (TPSA) is 106 Å². The van der Waals surface area contributed by atoms with Crippen molar-refractivity contribution in [1.29, 1.82) is 0 Å². The number of aromatic nitrogens is 3. The number of amides is 1. The molecule has 2 aromatic rings. The summed E-state index contributed by atoms with van der Waals surface area (Å²) >= 11 is 0. The number of carbonyl (C=O) groups is 2. The van der Waals surface area contributed by atoms with Crippen LogP contribution in [-0.2, 0) is 4.79 Å².